The molecule has 1 aliphatic rings. The molecular weight excluding hydrogens is 402 g/mol. The minimum atomic E-state index is -1.30. The van der Waals surface area contributed by atoms with Gasteiger partial charge in [0.1, 0.15) is 11.2 Å². The number of nitrogens with zero attached hydrogens (tertiary/aromatic N) is 1. The van der Waals surface area contributed by atoms with E-state index in [1.165, 1.54) is 0 Å². The first-order chi connectivity index (χ1) is 14.1. The molecule has 0 aromatic heterocycles. The van der Waals surface area contributed by atoms with Gasteiger partial charge in [-0.05, 0) is 73.1 Å². The van der Waals surface area contributed by atoms with Crippen molar-refractivity contribution in [3.8, 4) is 0 Å². The zero-order valence-corrected chi connectivity index (χ0v) is 20.6. The number of hydrogen-bond donors (Lipinski definition) is 0. The highest BCUT2D eigenvalue weighted by molar-refractivity contribution is 5.94. The molecular formula is C23H41NO7. The number of esters is 1. The smallest absolute Gasteiger partial charge is 0.420 e. The van der Waals surface area contributed by atoms with Crippen LogP contribution in [0, 0.1) is 11.8 Å². The standard InChI is InChI=1S/C23H41NO7/c1-15(2)10-11-17-12-16(3)29-19(25)18(14-28-13-17)24(20(26)30-22(4,5)6)21(27)31-23(7,8)9/h15-18H,10-14H2,1-9H3/t16?,17?,18-/m0/s1. The summed E-state index contributed by atoms with van der Waals surface area (Å²) in [5.74, 6) is 0.0715. The van der Waals surface area contributed by atoms with E-state index in [4.69, 9.17) is 18.9 Å². The third-order valence-corrected chi connectivity index (χ3v) is 4.53. The van der Waals surface area contributed by atoms with Crippen molar-refractivity contribution in [3.05, 3.63) is 0 Å². The van der Waals surface area contributed by atoms with Crippen LogP contribution in [0.25, 0.3) is 0 Å². The van der Waals surface area contributed by atoms with E-state index in [0.717, 1.165) is 12.8 Å². The largest absolute Gasteiger partial charge is 0.461 e. The number of amides is 2. The van der Waals surface area contributed by atoms with Gasteiger partial charge in [-0.15, -0.1) is 0 Å². The lowest BCUT2D eigenvalue weighted by Gasteiger charge is -2.32. The fraction of sp³-hybridized carbons (Fsp3) is 0.870. The Bertz CT molecular complexity index is 590. The van der Waals surface area contributed by atoms with Crippen LogP contribution in [0.15, 0.2) is 0 Å². The molecule has 1 rings (SSSR count). The number of cyclic esters (lactones) is 1. The summed E-state index contributed by atoms with van der Waals surface area (Å²) in [4.78, 5) is 39.4. The van der Waals surface area contributed by atoms with E-state index in [1.807, 2.05) is 6.92 Å². The van der Waals surface area contributed by atoms with Crippen molar-refractivity contribution in [1.29, 1.82) is 0 Å². The summed E-state index contributed by atoms with van der Waals surface area (Å²) >= 11 is 0. The number of ether oxygens (including phenoxy) is 4. The van der Waals surface area contributed by atoms with Crippen molar-refractivity contribution >= 4 is 18.2 Å². The van der Waals surface area contributed by atoms with Gasteiger partial charge in [0.15, 0.2) is 6.04 Å². The molecule has 0 saturated carbocycles. The predicted molar refractivity (Wildman–Crippen MR) is 117 cm³/mol. The van der Waals surface area contributed by atoms with Crippen LogP contribution in [-0.4, -0.2) is 59.6 Å². The van der Waals surface area contributed by atoms with Gasteiger partial charge in [-0.1, -0.05) is 20.3 Å². The van der Waals surface area contributed by atoms with Gasteiger partial charge in [0.05, 0.1) is 12.7 Å². The lowest BCUT2D eigenvalue weighted by molar-refractivity contribution is -0.155. The average Bonchev–Trinajstić information content (AvgIpc) is 2.60. The quantitative estimate of drug-likeness (QED) is 0.449. The van der Waals surface area contributed by atoms with Gasteiger partial charge in [-0.25, -0.2) is 14.4 Å². The normalized spacial score (nSPS) is 23.3. The minimum absolute atomic E-state index is 0.178. The molecule has 8 heteroatoms. The SMILES string of the molecule is CC(C)CCC1COC[C@H](N(C(=O)OC(C)(C)C)C(=O)OC(C)(C)C)C(=O)OC(C)C1. The molecule has 3 atom stereocenters. The van der Waals surface area contributed by atoms with E-state index < -0.39 is 35.4 Å². The average molecular weight is 444 g/mol. The van der Waals surface area contributed by atoms with Crippen molar-refractivity contribution in [3.63, 3.8) is 0 Å². The second-order valence-electron chi connectivity index (χ2n) is 10.7. The summed E-state index contributed by atoms with van der Waals surface area (Å²) in [6, 6.07) is -1.30. The van der Waals surface area contributed by atoms with E-state index >= 15 is 0 Å². The fourth-order valence-corrected chi connectivity index (χ4v) is 3.18. The van der Waals surface area contributed by atoms with Crippen molar-refractivity contribution in [2.75, 3.05) is 13.2 Å². The number of carbonyl (C=O) groups excluding carboxylic acids is 3. The van der Waals surface area contributed by atoms with E-state index in [1.54, 1.807) is 41.5 Å². The number of hydrogen-bond acceptors (Lipinski definition) is 7. The van der Waals surface area contributed by atoms with Crippen molar-refractivity contribution in [2.45, 2.75) is 105 Å². The van der Waals surface area contributed by atoms with Gasteiger partial charge in [0.25, 0.3) is 0 Å². The molecule has 31 heavy (non-hydrogen) atoms. The van der Waals surface area contributed by atoms with Gasteiger partial charge in [0.2, 0.25) is 0 Å². The molecule has 0 N–H and O–H groups in total. The molecule has 0 aliphatic carbocycles. The van der Waals surface area contributed by atoms with E-state index in [0.29, 0.717) is 23.8 Å². The van der Waals surface area contributed by atoms with Gasteiger partial charge in [0, 0.05) is 6.61 Å². The first-order valence-electron chi connectivity index (χ1n) is 11.1. The fourth-order valence-electron chi connectivity index (χ4n) is 3.18. The van der Waals surface area contributed by atoms with Crippen LogP contribution in [0.3, 0.4) is 0 Å². The second kappa shape index (κ2) is 11.2. The molecule has 180 valence electrons. The van der Waals surface area contributed by atoms with Gasteiger partial charge in [-0.3, -0.25) is 0 Å². The van der Waals surface area contributed by atoms with E-state index in [-0.39, 0.29) is 18.6 Å². The molecule has 0 radical (unpaired) electrons. The Morgan fingerprint density at radius 2 is 1.55 bits per heavy atom. The molecule has 0 bridgehead atoms. The van der Waals surface area contributed by atoms with Crippen molar-refractivity contribution in [1.82, 2.24) is 4.90 Å². The predicted octanol–water partition coefficient (Wildman–Crippen LogP) is 4.93. The molecule has 0 aromatic carbocycles. The lowest BCUT2D eigenvalue weighted by atomic mass is 9.94. The third kappa shape index (κ3) is 10.4. The minimum Gasteiger partial charge on any atom is -0.461 e. The summed E-state index contributed by atoms with van der Waals surface area (Å²) in [6.07, 6.45) is 0.329. The number of rotatable bonds is 4. The molecule has 2 unspecified atom stereocenters. The molecule has 8 nitrogen and oxygen atoms in total. The third-order valence-electron chi connectivity index (χ3n) is 4.53. The van der Waals surface area contributed by atoms with E-state index in [9.17, 15) is 14.4 Å². The van der Waals surface area contributed by atoms with Gasteiger partial charge >= 0.3 is 18.2 Å². The molecule has 1 fully saturated rings. The Balaban J connectivity index is 3.12. The Morgan fingerprint density at radius 3 is 2.00 bits per heavy atom. The second-order valence-corrected chi connectivity index (χ2v) is 10.7. The van der Waals surface area contributed by atoms with Crippen LogP contribution in [0.2, 0.25) is 0 Å². The monoisotopic (exact) mass is 443 g/mol. The molecule has 0 spiro atoms. The van der Waals surface area contributed by atoms with Crippen LogP contribution in [0.1, 0.15) is 81.6 Å². The Morgan fingerprint density at radius 1 is 1.03 bits per heavy atom. The molecule has 1 saturated heterocycles. The summed E-state index contributed by atoms with van der Waals surface area (Å²) in [6.45, 7) is 16.4. The summed E-state index contributed by atoms with van der Waals surface area (Å²) in [5.41, 5.74) is -1.73. The van der Waals surface area contributed by atoms with Crippen molar-refractivity contribution < 1.29 is 33.3 Å². The topological polar surface area (TPSA) is 91.4 Å². The first kappa shape index (κ1) is 27.2. The molecule has 0 aromatic rings. The molecule has 1 heterocycles. The zero-order valence-electron chi connectivity index (χ0n) is 20.6. The zero-order chi connectivity index (χ0) is 24.0. The Hall–Kier alpha value is -1.83. The Labute approximate surface area is 186 Å². The molecule has 2 amide bonds. The van der Waals surface area contributed by atoms with Crippen LogP contribution in [0.4, 0.5) is 9.59 Å². The number of imide groups is 1. The van der Waals surface area contributed by atoms with Crippen molar-refractivity contribution in [2.24, 2.45) is 11.8 Å². The highest BCUT2D eigenvalue weighted by Gasteiger charge is 2.42. The first-order valence-corrected chi connectivity index (χ1v) is 11.1. The van der Waals surface area contributed by atoms with Crippen LogP contribution in [-0.2, 0) is 23.7 Å². The summed E-state index contributed by atoms with van der Waals surface area (Å²) in [7, 11) is 0. The maximum atomic E-state index is 12.9. The highest BCUT2D eigenvalue weighted by Crippen LogP contribution is 2.23. The molecule has 1 aliphatic heterocycles. The summed E-state index contributed by atoms with van der Waals surface area (Å²) < 4.78 is 22.2. The van der Waals surface area contributed by atoms with Crippen LogP contribution in [0.5, 0.6) is 0 Å². The Kier molecular flexibility index (Phi) is 9.79. The highest BCUT2D eigenvalue weighted by atomic mass is 16.6. The van der Waals surface area contributed by atoms with Gasteiger partial charge < -0.3 is 18.9 Å². The van der Waals surface area contributed by atoms with Crippen LogP contribution >= 0.6 is 0 Å². The summed E-state index contributed by atoms with van der Waals surface area (Å²) in [5, 5.41) is 0. The number of carbonyl (C=O) groups is 3. The van der Waals surface area contributed by atoms with Gasteiger partial charge in [-0.2, -0.15) is 4.90 Å². The van der Waals surface area contributed by atoms with E-state index in [2.05, 4.69) is 13.8 Å². The maximum absolute atomic E-state index is 12.9. The lowest BCUT2D eigenvalue weighted by Crippen LogP contribution is -2.54. The maximum Gasteiger partial charge on any atom is 0.420 e. The van der Waals surface area contributed by atoms with Crippen LogP contribution < -0.4 is 0 Å².